The van der Waals surface area contributed by atoms with E-state index in [1.807, 2.05) is 15.5 Å². The third-order valence-corrected chi connectivity index (χ3v) is 5.84. The van der Waals surface area contributed by atoms with Gasteiger partial charge in [0.2, 0.25) is 5.91 Å². The number of anilines is 1. The molecule has 5 rings (SSSR count). The zero-order valence-corrected chi connectivity index (χ0v) is 16.3. The predicted molar refractivity (Wildman–Crippen MR) is 106 cm³/mol. The molecule has 3 aromatic rings. The third-order valence-electron chi connectivity index (χ3n) is 5.84. The highest BCUT2D eigenvalue weighted by Crippen LogP contribution is 2.36. The molecule has 2 atom stereocenters. The molecule has 2 aliphatic rings. The minimum Gasteiger partial charge on any atom is -0.384 e. The summed E-state index contributed by atoms with van der Waals surface area (Å²) >= 11 is 0. The van der Waals surface area contributed by atoms with Crippen molar-refractivity contribution < 1.29 is 4.79 Å². The molecule has 0 spiro atoms. The largest absolute Gasteiger partial charge is 0.384 e. The Bertz CT molecular complexity index is 1140. The monoisotopic (exact) mass is 407 g/mol. The van der Waals surface area contributed by atoms with Crippen LogP contribution in [0.1, 0.15) is 24.5 Å². The zero-order valence-electron chi connectivity index (χ0n) is 16.3. The lowest BCUT2D eigenvalue weighted by atomic mass is 9.82. The van der Waals surface area contributed by atoms with Crippen LogP contribution in [0, 0.1) is 5.92 Å². The standard InChI is InChI=1S/C19H21N9O2/c20-17-6-15(21-10-22-17)13-4-16-14-3-12(8-28(16)19(30)5-13)7-26(9-14)18(29)1-2-27-11-23-24-25-27/h4-6,10-12,14H,1-3,7-9H2,(H2,20,21,22)/t12-,14+/m0/s1. The van der Waals surface area contributed by atoms with Gasteiger partial charge in [-0.1, -0.05) is 0 Å². The fourth-order valence-corrected chi connectivity index (χ4v) is 4.49. The van der Waals surface area contributed by atoms with Gasteiger partial charge in [0.05, 0.1) is 12.2 Å². The van der Waals surface area contributed by atoms with Crippen LogP contribution < -0.4 is 11.3 Å². The second kappa shape index (κ2) is 7.32. The maximum Gasteiger partial charge on any atom is 0.251 e. The topological polar surface area (TPSA) is 138 Å². The molecule has 11 heteroatoms. The van der Waals surface area contributed by atoms with E-state index in [2.05, 4.69) is 25.5 Å². The van der Waals surface area contributed by atoms with E-state index in [0.717, 1.165) is 17.7 Å². The predicted octanol–water partition coefficient (Wildman–Crippen LogP) is -0.0900. The second-order valence-corrected chi connectivity index (χ2v) is 7.87. The van der Waals surface area contributed by atoms with Gasteiger partial charge in [-0.25, -0.2) is 14.6 Å². The van der Waals surface area contributed by atoms with Crippen LogP contribution in [0.15, 0.2) is 35.6 Å². The SMILES string of the molecule is Nc1cc(-c2cc3n(c(=O)c2)C[C@H]2C[C@@H]3CN(C(=O)CCn3cnnn3)C2)ncn1. The number of nitrogen functional groups attached to an aromatic ring is 1. The molecular weight excluding hydrogens is 386 g/mol. The van der Waals surface area contributed by atoms with Gasteiger partial charge >= 0.3 is 0 Å². The summed E-state index contributed by atoms with van der Waals surface area (Å²) in [4.78, 5) is 35.7. The summed E-state index contributed by atoms with van der Waals surface area (Å²) in [5.74, 6) is 0.818. The number of hydrogen-bond acceptors (Lipinski definition) is 8. The number of aryl methyl sites for hydroxylation is 1. The van der Waals surface area contributed by atoms with Gasteiger partial charge < -0.3 is 15.2 Å². The first-order valence-corrected chi connectivity index (χ1v) is 9.88. The first-order chi connectivity index (χ1) is 14.6. The minimum absolute atomic E-state index is 0.0483. The van der Waals surface area contributed by atoms with Crippen molar-refractivity contribution in [3.8, 4) is 11.3 Å². The smallest absolute Gasteiger partial charge is 0.251 e. The Labute approximate surface area is 171 Å². The lowest BCUT2D eigenvalue weighted by molar-refractivity contribution is -0.134. The minimum atomic E-state index is -0.0483. The number of aromatic nitrogens is 7. The van der Waals surface area contributed by atoms with E-state index in [-0.39, 0.29) is 23.3 Å². The van der Waals surface area contributed by atoms with E-state index in [0.29, 0.717) is 44.1 Å². The van der Waals surface area contributed by atoms with Crippen LogP contribution in [0.25, 0.3) is 11.3 Å². The van der Waals surface area contributed by atoms with Gasteiger partial charge in [0.25, 0.3) is 5.56 Å². The van der Waals surface area contributed by atoms with Crippen LogP contribution in [0.3, 0.4) is 0 Å². The van der Waals surface area contributed by atoms with E-state index in [1.165, 1.54) is 12.7 Å². The Balaban J connectivity index is 1.39. The number of carbonyl (C=O) groups is 1. The molecule has 0 saturated carbocycles. The van der Waals surface area contributed by atoms with Gasteiger partial charge in [-0.3, -0.25) is 9.59 Å². The number of nitrogens with two attached hydrogens (primary N) is 1. The van der Waals surface area contributed by atoms with Crippen molar-refractivity contribution >= 4 is 11.7 Å². The van der Waals surface area contributed by atoms with Gasteiger partial charge in [-0.15, -0.1) is 5.10 Å². The molecule has 154 valence electrons. The van der Waals surface area contributed by atoms with Crippen LogP contribution in [-0.2, 0) is 17.9 Å². The first kappa shape index (κ1) is 18.4. The highest BCUT2D eigenvalue weighted by atomic mass is 16.2. The van der Waals surface area contributed by atoms with Gasteiger partial charge in [0, 0.05) is 55.4 Å². The van der Waals surface area contributed by atoms with E-state index < -0.39 is 0 Å². The first-order valence-electron chi connectivity index (χ1n) is 9.88. The van der Waals surface area contributed by atoms with Crippen LogP contribution in [0.5, 0.6) is 0 Å². The Morgan fingerprint density at radius 1 is 1.17 bits per heavy atom. The summed E-state index contributed by atoms with van der Waals surface area (Å²) in [5.41, 5.74) is 8.02. The highest BCUT2D eigenvalue weighted by molar-refractivity contribution is 5.76. The summed E-state index contributed by atoms with van der Waals surface area (Å²) in [7, 11) is 0. The van der Waals surface area contributed by atoms with Crippen LogP contribution >= 0.6 is 0 Å². The normalized spacial score (nSPS) is 20.1. The van der Waals surface area contributed by atoms with Gasteiger partial charge in [0.15, 0.2) is 0 Å². The fraction of sp³-hybridized carbons (Fsp3) is 0.421. The zero-order chi connectivity index (χ0) is 20.7. The van der Waals surface area contributed by atoms with Crippen LogP contribution in [0.2, 0.25) is 0 Å². The average molecular weight is 407 g/mol. The van der Waals surface area contributed by atoms with Crippen molar-refractivity contribution in [2.45, 2.75) is 31.8 Å². The molecule has 1 fully saturated rings. The van der Waals surface area contributed by atoms with E-state index in [4.69, 9.17) is 5.73 Å². The van der Waals surface area contributed by atoms with Crippen molar-refractivity contribution in [2.75, 3.05) is 18.8 Å². The molecule has 2 N–H and O–H groups in total. The molecule has 0 radical (unpaired) electrons. The molecule has 5 heterocycles. The number of tetrazole rings is 1. The molecule has 2 bridgehead atoms. The number of rotatable bonds is 4. The molecule has 1 saturated heterocycles. The summed E-state index contributed by atoms with van der Waals surface area (Å²) in [6.45, 7) is 2.33. The Hall–Kier alpha value is -3.63. The molecule has 11 nitrogen and oxygen atoms in total. The van der Waals surface area contributed by atoms with E-state index in [1.54, 1.807) is 16.8 Å². The lowest BCUT2D eigenvalue weighted by Gasteiger charge is -2.43. The molecule has 0 aromatic carbocycles. The average Bonchev–Trinajstić information content (AvgIpc) is 3.26. The number of likely N-dealkylation sites (tertiary alicyclic amines) is 1. The Morgan fingerprint density at radius 2 is 2.07 bits per heavy atom. The number of hydrogen-bond donors (Lipinski definition) is 1. The van der Waals surface area contributed by atoms with Crippen molar-refractivity contribution in [1.29, 1.82) is 0 Å². The van der Waals surface area contributed by atoms with Crippen molar-refractivity contribution in [1.82, 2.24) is 39.6 Å². The number of nitrogens with zero attached hydrogens (tertiary/aromatic N) is 8. The van der Waals surface area contributed by atoms with Gasteiger partial charge in [-0.2, -0.15) is 0 Å². The van der Waals surface area contributed by atoms with Crippen LogP contribution in [-0.4, -0.2) is 58.6 Å². The van der Waals surface area contributed by atoms with Crippen molar-refractivity contribution in [3.63, 3.8) is 0 Å². The number of carbonyl (C=O) groups excluding carboxylic acids is 1. The number of fused-ring (bicyclic) bond motifs is 4. The Morgan fingerprint density at radius 3 is 2.87 bits per heavy atom. The van der Waals surface area contributed by atoms with Crippen molar-refractivity contribution in [3.05, 3.63) is 46.9 Å². The second-order valence-electron chi connectivity index (χ2n) is 7.87. The van der Waals surface area contributed by atoms with Crippen molar-refractivity contribution in [2.24, 2.45) is 5.92 Å². The summed E-state index contributed by atoms with van der Waals surface area (Å²) < 4.78 is 3.40. The highest BCUT2D eigenvalue weighted by Gasteiger charge is 2.36. The molecule has 0 unspecified atom stereocenters. The number of amides is 1. The van der Waals surface area contributed by atoms with Gasteiger partial charge in [0.1, 0.15) is 18.5 Å². The maximum absolute atomic E-state index is 12.8. The summed E-state index contributed by atoms with van der Waals surface area (Å²) in [6.07, 6.45) is 4.20. The molecule has 2 aliphatic heterocycles. The fourth-order valence-electron chi connectivity index (χ4n) is 4.49. The summed E-state index contributed by atoms with van der Waals surface area (Å²) in [6, 6.07) is 5.26. The summed E-state index contributed by atoms with van der Waals surface area (Å²) in [5, 5.41) is 11.0. The van der Waals surface area contributed by atoms with E-state index in [9.17, 15) is 9.59 Å². The van der Waals surface area contributed by atoms with Crippen LogP contribution in [0.4, 0.5) is 5.82 Å². The molecule has 30 heavy (non-hydrogen) atoms. The number of pyridine rings is 1. The molecule has 1 amide bonds. The molecular formula is C19H21N9O2. The van der Waals surface area contributed by atoms with E-state index >= 15 is 0 Å². The number of piperidine rings is 1. The third kappa shape index (κ3) is 3.42. The Kier molecular flexibility index (Phi) is 4.49. The quantitative estimate of drug-likeness (QED) is 0.633. The van der Waals surface area contributed by atoms with Gasteiger partial charge in [-0.05, 0) is 28.8 Å². The molecule has 3 aromatic heterocycles. The maximum atomic E-state index is 12.8. The lowest BCUT2D eigenvalue weighted by Crippen LogP contribution is -2.49. The molecule has 0 aliphatic carbocycles.